The second kappa shape index (κ2) is 4.37. The molecule has 0 atom stereocenters. The molecule has 0 aliphatic carbocycles. The smallest absolute Gasteiger partial charge is 0.163 e. The van der Waals surface area contributed by atoms with Crippen LogP contribution < -0.4 is 0 Å². The van der Waals surface area contributed by atoms with Crippen LogP contribution in [0.1, 0.15) is 23.7 Å². The minimum absolute atomic E-state index is 0.195. The number of halogens is 2. The van der Waals surface area contributed by atoms with E-state index in [1.165, 1.54) is 0 Å². The highest BCUT2D eigenvalue weighted by atomic mass is 127. The first-order chi connectivity index (χ1) is 5.66. The molecule has 0 unspecified atom stereocenters. The first-order valence-electron chi connectivity index (χ1n) is 3.64. The molecule has 1 aromatic carbocycles. The molecule has 0 fully saturated rings. The lowest BCUT2D eigenvalue weighted by molar-refractivity contribution is 0.0987. The van der Waals surface area contributed by atoms with Crippen LogP contribution in [0, 0.1) is 3.57 Å². The van der Waals surface area contributed by atoms with E-state index >= 15 is 0 Å². The van der Waals surface area contributed by atoms with Crippen LogP contribution in [0.3, 0.4) is 0 Å². The zero-order chi connectivity index (χ0) is 9.14. The van der Waals surface area contributed by atoms with Crippen molar-refractivity contribution in [3.05, 3.63) is 31.8 Å². The number of ketones is 1. The van der Waals surface area contributed by atoms with Gasteiger partial charge in [-0.15, -0.1) is 0 Å². The van der Waals surface area contributed by atoms with Gasteiger partial charge in [-0.25, -0.2) is 0 Å². The van der Waals surface area contributed by atoms with Crippen molar-refractivity contribution in [1.82, 2.24) is 0 Å². The molecule has 0 radical (unpaired) electrons. The van der Waals surface area contributed by atoms with Gasteiger partial charge >= 0.3 is 0 Å². The van der Waals surface area contributed by atoms with Crippen molar-refractivity contribution < 1.29 is 4.79 Å². The number of hydrogen-bond acceptors (Lipinski definition) is 1. The van der Waals surface area contributed by atoms with E-state index in [0.717, 1.165) is 13.6 Å². The Kier molecular flexibility index (Phi) is 3.71. The molecule has 0 N–H and O–H groups in total. The Bertz CT molecular complexity index is 309. The predicted octanol–water partition coefficient (Wildman–Crippen LogP) is 3.65. The molecule has 0 amide bonds. The summed E-state index contributed by atoms with van der Waals surface area (Å²) in [7, 11) is 0. The van der Waals surface area contributed by atoms with E-state index in [9.17, 15) is 4.79 Å². The summed E-state index contributed by atoms with van der Waals surface area (Å²) in [5.41, 5.74) is 0.812. The number of carbonyl (C=O) groups excluding carboxylic acids is 1. The Morgan fingerprint density at radius 3 is 2.83 bits per heavy atom. The van der Waals surface area contributed by atoms with Crippen molar-refractivity contribution in [2.75, 3.05) is 0 Å². The Morgan fingerprint density at radius 1 is 1.58 bits per heavy atom. The third kappa shape index (κ3) is 2.07. The summed E-state index contributed by atoms with van der Waals surface area (Å²) in [6.45, 7) is 1.87. The summed E-state index contributed by atoms with van der Waals surface area (Å²) < 4.78 is 1.99. The fraction of sp³-hybridized carbons (Fsp3) is 0.222. The van der Waals surface area contributed by atoms with Gasteiger partial charge in [0.15, 0.2) is 5.78 Å². The van der Waals surface area contributed by atoms with Crippen molar-refractivity contribution in [3.63, 3.8) is 0 Å². The number of carbonyl (C=O) groups is 1. The Hall–Kier alpha value is 0.1000. The second-order valence-electron chi connectivity index (χ2n) is 2.38. The monoisotopic (exact) mass is 338 g/mol. The van der Waals surface area contributed by atoms with Gasteiger partial charge in [-0.2, -0.15) is 0 Å². The topological polar surface area (TPSA) is 17.1 Å². The number of hydrogen-bond donors (Lipinski definition) is 0. The second-order valence-corrected chi connectivity index (χ2v) is 4.31. The minimum atomic E-state index is 0.195. The lowest BCUT2D eigenvalue weighted by Gasteiger charge is -2.02. The van der Waals surface area contributed by atoms with Gasteiger partial charge in [-0.05, 0) is 44.6 Å². The van der Waals surface area contributed by atoms with Crippen molar-refractivity contribution in [2.24, 2.45) is 0 Å². The summed E-state index contributed by atoms with van der Waals surface area (Å²) >= 11 is 5.56. The first kappa shape index (κ1) is 10.2. The molecular formula is C9H8BrIO. The molecule has 0 aliphatic rings. The van der Waals surface area contributed by atoms with Gasteiger partial charge in [0.2, 0.25) is 0 Å². The van der Waals surface area contributed by atoms with Gasteiger partial charge in [-0.3, -0.25) is 4.79 Å². The van der Waals surface area contributed by atoms with Gasteiger partial charge in [0.1, 0.15) is 0 Å². The molecule has 1 aromatic rings. The van der Waals surface area contributed by atoms with Crippen LogP contribution >= 0.6 is 38.5 Å². The maximum Gasteiger partial charge on any atom is 0.163 e. The summed E-state index contributed by atoms with van der Waals surface area (Å²) in [6.07, 6.45) is 0.562. The standard InChI is InChI=1S/C9H8BrIO/c1-2-8(12)6-4-3-5-7(10)9(6)11/h3-5H,2H2,1H3. The van der Waals surface area contributed by atoms with Crippen molar-refractivity contribution >= 4 is 44.3 Å². The van der Waals surface area contributed by atoms with Gasteiger partial charge in [-0.1, -0.05) is 19.1 Å². The summed E-state index contributed by atoms with van der Waals surface area (Å²) in [6, 6.07) is 5.68. The predicted molar refractivity (Wildman–Crippen MR) is 61.5 cm³/mol. The lowest BCUT2D eigenvalue weighted by Crippen LogP contribution is -1.99. The molecule has 1 rings (SSSR count). The van der Waals surface area contributed by atoms with Crippen LogP contribution in [-0.4, -0.2) is 5.78 Å². The molecule has 3 heteroatoms. The van der Waals surface area contributed by atoms with Crippen LogP contribution in [0.5, 0.6) is 0 Å². The molecule has 64 valence electrons. The summed E-state index contributed by atoms with van der Waals surface area (Å²) in [5, 5.41) is 0. The highest BCUT2D eigenvalue weighted by Crippen LogP contribution is 2.23. The van der Waals surface area contributed by atoms with E-state index in [-0.39, 0.29) is 5.78 Å². The van der Waals surface area contributed by atoms with Crippen LogP contribution in [0.15, 0.2) is 22.7 Å². The van der Waals surface area contributed by atoms with E-state index in [0.29, 0.717) is 6.42 Å². The lowest BCUT2D eigenvalue weighted by atomic mass is 10.1. The van der Waals surface area contributed by atoms with Gasteiger partial charge < -0.3 is 0 Å². The average molecular weight is 339 g/mol. The third-order valence-corrected chi connectivity index (χ3v) is 4.14. The fourth-order valence-electron chi connectivity index (χ4n) is 0.910. The van der Waals surface area contributed by atoms with E-state index in [4.69, 9.17) is 0 Å². The Balaban J connectivity index is 3.16. The average Bonchev–Trinajstić information content (AvgIpc) is 2.08. The van der Waals surface area contributed by atoms with Crippen LogP contribution in [0.4, 0.5) is 0 Å². The first-order valence-corrected chi connectivity index (χ1v) is 5.51. The van der Waals surface area contributed by atoms with Crippen molar-refractivity contribution in [3.8, 4) is 0 Å². The zero-order valence-electron chi connectivity index (χ0n) is 6.60. The minimum Gasteiger partial charge on any atom is -0.294 e. The van der Waals surface area contributed by atoms with E-state index < -0.39 is 0 Å². The fourth-order valence-corrected chi connectivity index (χ4v) is 1.94. The maximum atomic E-state index is 11.4. The highest BCUT2D eigenvalue weighted by Gasteiger charge is 2.08. The molecule has 0 aromatic heterocycles. The number of rotatable bonds is 2. The van der Waals surface area contributed by atoms with Crippen molar-refractivity contribution in [2.45, 2.75) is 13.3 Å². The molecule has 0 bridgehead atoms. The largest absolute Gasteiger partial charge is 0.294 e. The molecule has 12 heavy (non-hydrogen) atoms. The number of Topliss-reactive ketones (excluding diaryl/α,β-unsaturated/α-hetero) is 1. The van der Waals surface area contributed by atoms with E-state index in [2.05, 4.69) is 38.5 Å². The molecule has 0 saturated carbocycles. The molecule has 0 heterocycles. The van der Waals surface area contributed by atoms with Gasteiger partial charge in [0, 0.05) is 20.0 Å². The molecule has 1 nitrogen and oxygen atoms in total. The summed E-state index contributed by atoms with van der Waals surface area (Å²) in [4.78, 5) is 11.4. The maximum absolute atomic E-state index is 11.4. The molecule has 0 aliphatic heterocycles. The van der Waals surface area contributed by atoms with Crippen LogP contribution in [0.2, 0.25) is 0 Å². The Labute approximate surface area is 93.8 Å². The van der Waals surface area contributed by atoms with Crippen molar-refractivity contribution in [1.29, 1.82) is 0 Å². The van der Waals surface area contributed by atoms with E-state index in [1.807, 2.05) is 25.1 Å². The highest BCUT2D eigenvalue weighted by molar-refractivity contribution is 14.1. The normalized spacial score (nSPS) is 9.92. The molecule has 0 saturated heterocycles. The van der Waals surface area contributed by atoms with Gasteiger partial charge in [0.05, 0.1) is 0 Å². The SMILES string of the molecule is CCC(=O)c1cccc(Br)c1I. The molecular weight excluding hydrogens is 331 g/mol. The van der Waals surface area contributed by atoms with Gasteiger partial charge in [0.25, 0.3) is 0 Å². The van der Waals surface area contributed by atoms with E-state index in [1.54, 1.807) is 0 Å². The zero-order valence-corrected chi connectivity index (χ0v) is 10.3. The summed E-state index contributed by atoms with van der Waals surface area (Å²) in [5.74, 6) is 0.195. The third-order valence-electron chi connectivity index (χ3n) is 1.57. The van der Waals surface area contributed by atoms with Crippen LogP contribution in [-0.2, 0) is 0 Å². The van der Waals surface area contributed by atoms with Crippen LogP contribution in [0.25, 0.3) is 0 Å². The quantitative estimate of drug-likeness (QED) is 0.594. The molecule has 0 spiro atoms. The number of benzene rings is 1. The Morgan fingerprint density at radius 2 is 2.25 bits per heavy atom.